The highest BCUT2D eigenvalue weighted by atomic mass is 31.2. The van der Waals surface area contributed by atoms with Crippen LogP contribution in [0.25, 0.3) is 0 Å². The summed E-state index contributed by atoms with van der Waals surface area (Å²) in [5.74, 6) is -0.386. The fourth-order valence-electron chi connectivity index (χ4n) is 3.93. The first-order valence-corrected chi connectivity index (χ1v) is 12.0. The zero-order valence-corrected chi connectivity index (χ0v) is 18.0. The van der Waals surface area contributed by atoms with Crippen LogP contribution < -0.4 is 0 Å². The van der Waals surface area contributed by atoms with E-state index in [9.17, 15) is 4.79 Å². The van der Waals surface area contributed by atoms with E-state index in [0.29, 0.717) is 45.2 Å². The summed E-state index contributed by atoms with van der Waals surface area (Å²) in [5, 5.41) is 8.09. The van der Waals surface area contributed by atoms with Crippen molar-refractivity contribution in [2.45, 2.75) is 0 Å². The summed E-state index contributed by atoms with van der Waals surface area (Å²) in [4.78, 5) is 17.3. The van der Waals surface area contributed by atoms with Crippen molar-refractivity contribution in [3.05, 3.63) is 35.9 Å². The van der Waals surface area contributed by atoms with E-state index in [2.05, 4.69) is 24.3 Å². The van der Waals surface area contributed by atoms with Crippen molar-refractivity contribution in [3.63, 3.8) is 0 Å². The van der Waals surface area contributed by atoms with Crippen LogP contribution in [-0.2, 0) is 14.2 Å². The van der Waals surface area contributed by atoms with Gasteiger partial charge in [-0.2, -0.15) is 0 Å². The fourth-order valence-corrected chi connectivity index (χ4v) is 7.59. The zero-order chi connectivity index (χ0) is 20.7. The SMILES string of the molecule is O=C(N=NN=P(N1CCOCC1)(N1CCOCC1)N1CCOCC1)c1ccccc1. The minimum absolute atomic E-state index is 0.386. The van der Waals surface area contributed by atoms with Crippen molar-refractivity contribution < 1.29 is 19.0 Å². The standard InChI is InChI=1S/C19H29N6O4P/c26-19(18-4-2-1-3-5-18)20-21-22-30(23-6-12-27-13-7-23,24-8-14-28-15-9-24)25-10-16-29-17-11-25/h1-5H,6-17H2. The molecule has 0 saturated carbocycles. The third-order valence-corrected chi connectivity index (χ3v) is 9.21. The van der Waals surface area contributed by atoms with Gasteiger partial charge in [0.1, 0.15) is 0 Å². The molecule has 0 unspecified atom stereocenters. The van der Waals surface area contributed by atoms with Crippen molar-refractivity contribution in [3.8, 4) is 0 Å². The number of benzene rings is 1. The third kappa shape index (κ3) is 4.86. The number of carbonyl (C=O) groups is 1. The summed E-state index contributed by atoms with van der Waals surface area (Å²) in [6.07, 6.45) is 0. The van der Waals surface area contributed by atoms with Crippen LogP contribution in [0.2, 0.25) is 0 Å². The second-order valence-corrected chi connectivity index (χ2v) is 10.1. The average Bonchev–Trinajstić information content (AvgIpc) is 2.84. The van der Waals surface area contributed by atoms with Crippen molar-refractivity contribution in [1.29, 1.82) is 0 Å². The molecule has 164 valence electrons. The molecule has 0 aromatic heterocycles. The van der Waals surface area contributed by atoms with Gasteiger partial charge in [-0.15, -0.1) is 4.85 Å². The smallest absolute Gasteiger partial charge is 0.297 e. The number of amides is 1. The largest absolute Gasteiger partial charge is 0.379 e. The van der Waals surface area contributed by atoms with Crippen LogP contribution in [-0.4, -0.2) is 98.8 Å². The van der Waals surface area contributed by atoms with Gasteiger partial charge in [0.15, 0.2) is 7.51 Å². The molecule has 0 N–H and O–H groups in total. The summed E-state index contributed by atoms with van der Waals surface area (Å²) >= 11 is 0. The molecule has 10 nitrogen and oxygen atoms in total. The Kier molecular flexibility index (Phi) is 7.72. The van der Waals surface area contributed by atoms with Crippen LogP contribution in [0.5, 0.6) is 0 Å². The second kappa shape index (κ2) is 10.7. The summed E-state index contributed by atoms with van der Waals surface area (Å²) in [7, 11) is -2.40. The first kappa shape index (κ1) is 21.7. The molecular formula is C19H29N6O4P. The highest BCUT2D eigenvalue weighted by Crippen LogP contribution is 2.60. The Hall–Kier alpha value is -1.52. The number of carbonyl (C=O) groups excluding carboxylic acids is 1. The van der Waals surface area contributed by atoms with Crippen LogP contribution in [0.4, 0.5) is 0 Å². The highest BCUT2D eigenvalue weighted by molar-refractivity contribution is 7.59. The molecule has 3 aliphatic heterocycles. The normalized spacial score (nSPS) is 22.9. The van der Waals surface area contributed by atoms with E-state index in [-0.39, 0.29) is 5.91 Å². The van der Waals surface area contributed by atoms with Gasteiger partial charge in [0.25, 0.3) is 5.91 Å². The lowest BCUT2D eigenvalue weighted by Gasteiger charge is -2.51. The molecule has 1 aromatic rings. The molecule has 3 aliphatic rings. The van der Waals surface area contributed by atoms with Gasteiger partial charge in [0, 0.05) is 44.8 Å². The Morgan fingerprint density at radius 3 is 1.60 bits per heavy atom. The van der Waals surface area contributed by atoms with E-state index in [1.807, 2.05) is 18.2 Å². The zero-order valence-electron chi connectivity index (χ0n) is 17.1. The predicted octanol–water partition coefficient (Wildman–Crippen LogP) is 2.14. The molecule has 3 fully saturated rings. The predicted molar refractivity (Wildman–Crippen MR) is 112 cm³/mol. The van der Waals surface area contributed by atoms with Crippen molar-refractivity contribution in [1.82, 2.24) is 14.0 Å². The lowest BCUT2D eigenvalue weighted by atomic mass is 10.2. The second-order valence-electron chi connectivity index (χ2n) is 7.18. The van der Waals surface area contributed by atoms with Gasteiger partial charge < -0.3 is 14.2 Å². The van der Waals surface area contributed by atoms with Gasteiger partial charge in [-0.1, -0.05) is 23.3 Å². The number of morpholine rings is 3. The molecule has 0 atom stereocenters. The van der Waals surface area contributed by atoms with Crippen LogP contribution >= 0.6 is 7.51 Å². The van der Waals surface area contributed by atoms with Gasteiger partial charge in [-0.25, -0.2) is 14.0 Å². The number of hydrogen-bond acceptors (Lipinski definition) is 4. The quantitative estimate of drug-likeness (QED) is 0.397. The molecule has 30 heavy (non-hydrogen) atoms. The molecule has 4 rings (SSSR count). The molecule has 1 aromatic carbocycles. The molecule has 11 heteroatoms. The van der Waals surface area contributed by atoms with E-state index in [1.54, 1.807) is 12.1 Å². The van der Waals surface area contributed by atoms with Crippen LogP contribution in [0.15, 0.2) is 45.5 Å². The van der Waals surface area contributed by atoms with Crippen molar-refractivity contribution in [2.24, 2.45) is 15.2 Å². The van der Waals surface area contributed by atoms with Crippen LogP contribution in [0, 0.1) is 0 Å². The number of rotatable bonds is 5. The maximum absolute atomic E-state index is 12.5. The topological polar surface area (TPSA) is 91.6 Å². The summed E-state index contributed by atoms with van der Waals surface area (Å²) < 4.78 is 24.0. The van der Waals surface area contributed by atoms with Crippen molar-refractivity contribution in [2.75, 3.05) is 78.9 Å². The average molecular weight is 436 g/mol. The van der Waals surface area contributed by atoms with Gasteiger partial charge in [-0.3, -0.25) is 4.79 Å². The van der Waals surface area contributed by atoms with Gasteiger partial charge >= 0.3 is 0 Å². The Labute approximate surface area is 177 Å². The van der Waals surface area contributed by atoms with Gasteiger partial charge in [-0.05, 0) is 17.4 Å². The number of nitrogens with zero attached hydrogens (tertiary/aromatic N) is 6. The highest BCUT2D eigenvalue weighted by Gasteiger charge is 2.42. The molecule has 1 amide bonds. The molecule has 3 saturated heterocycles. The van der Waals surface area contributed by atoms with Crippen LogP contribution in [0.3, 0.4) is 0 Å². The maximum Gasteiger partial charge on any atom is 0.297 e. The van der Waals surface area contributed by atoms with Gasteiger partial charge in [0.2, 0.25) is 0 Å². The van der Waals surface area contributed by atoms with Crippen molar-refractivity contribution >= 4 is 13.4 Å². The lowest BCUT2D eigenvalue weighted by Crippen LogP contribution is -2.50. The number of hydrogen-bond donors (Lipinski definition) is 0. The van der Waals surface area contributed by atoms with E-state index in [4.69, 9.17) is 19.1 Å². The van der Waals surface area contributed by atoms with E-state index >= 15 is 0 Å². The van der Waals surface area contributed by atoms with Gasteiger partial charge in [0.05, 0.1) is 39.6 Å². The first-order valence-electron chi connectivity index (χ1n) is 10.4. The Balaban J connectivity index is 1.70. The Morgan fingerprint density at radius 2 is 1.17 bits per heavy atom. The lowest BCUT2D eigenvalue weighted by molar-refractivity contribution is 0.0372. The minimum Gasteiger partial charge on any atom is -0.379 e. The monoisotopic (exact) mass is 436 g/mol. The number of ether oxygens (including phenoxy) is 3. The fraction of sp³-hybridized carbons (Fsp3) is 0.632. The van der Waals surface area contributed by atoms with Crippen LogP contribution in [0.1, 0.15) is 10.4 Å². The maximum atomic E-state index is 12.5. The van der Waals surface area contributed by atoms with E-state index in [1.165, 1.54) is 0 Å². The molecule has 0 spiro atoms. The minimum atomic E-state index is -2.40. The first-order chi connectivity index (χ1) is 14.8. The summed E-state index contributed by atoms with van der Waals surface area (Å²) in [6.45, 7) is 8.58. The molecular weight excluding hydrogens is 407 g/mol. The molecule has 0 bridgehead atoms. The third-order valence-electron chi connectivity index (χ3n) is 5.42. The Morgan fingerprint density at radius 1 is 0.733 bits per heavy atom. The van der Waals surface area contributed by atoms with E-state index < -0.39 is 7.51 Å². The Bertz CT molecular complexity index is 722. The molecule has 0 aliphatic carbocycles. The summed E-state index contributed by atoms with van der Waals surface area (Å²) in [6, 6.07) is 8.95. The molecule has 0 radical (unpaired) electrons. The molecule has 3 heterocycles. The van der Waals surface area contributed by atoms with E-state index in [0.717, 1.165) is 39.3 Å². The summed E-state index contributed by atoms with van der Waals surface area (Å²) in [5.41, 5.74) is 0.504.